The van der Waals surface area contributed by atoms with Crippen molar-refractivity contribution >= 4 is 11.8 Å². The normalized spacial score (nSPS) is 19.2. The van der Waals surface area contributed by atoms with Crippen LogP contribution in [0.4, 0.5) is 24.9 Å². The number of anilines is 2. The maximum atomic E-state index is 12.9. The summed E-state index contributed by atoms with van der Waals surface area (Å²) in [6.45, 7) is 4.18. The van der Waals surface area contributed by atoms with Crippen LogP contribution in [0.2, 0.25) is 0 Å². The molecular weight excluding hydrogens is 383 g/mol. The van der Waals surface area contributed by atoms with E-state index in [2.05, 4.69) is 15.3 Å². The molecule has 154 valence electrons. The van der Waals surface area contributed by atoms with Gasteiger partial charge in [-0.15, -0.1) is 0 Å². The van der Waals surface area contributed by atoms with Gasteiger partial charge in [-0.1, -0.05) is 12.1 Å². The van der Waals surface area contributed by atoms with Crippen LogP contribution in [-0.4, -0.2) is 40.8 Å². The Morgan fingerprint density at radius 3 is 2.90 bits per heavy atom. The summed E-state index contributed by atoms with van der Waals surface area (Å²) in [6.07, 6.45) is 2.09. The van der Waals surface area contributed by atoms with Gasteiger partial charge in [-0.25, -0.2) is 4.98 Å². The third-order valence-corrected chi connectivity index (χ3v) is 4.91. The fourth-order valence-corrected chi connectivity index (χ4v) is 3.41. The molecule has 2 aromatic rings. The van der Waals surface area contributed by atoms with Crippen molar-refractivity contribution in [3.8, 4) is 0 Å². The van der Waals surface area contributed by atoms with E-state index in [4.69, 9.17) is 4.74 Å². The highest BCUT2D eigenvalue weighted by Crippen LogP contribution is 2.30. The number of halogens is 3. The average Bonchev–Trinajstić information content (AvgIpc) is 3.35. The summed E-state index contributed by atoms with van der Waals surface area (Å²) in [7, 11) is 0. The molecule has 6 nitrogen and oxygen atoms in total. The van der Waals surface area contributed by atoms with Crippen LogP contribution in [0.15, 0.2) is 42.9 Å². The topological polar surface area (TPSA) is 53.5 Å². The van der Waals surface area contributed by atoms with Crippen molar-refractivity contribution < 1.29 is 17.9 Å². The van der Waals surface area contributed by atoms with Crippen molar-refractivity contribution in [2.24, 2.45) is 0 Å². The van der Waals surface area contributed by atoms with Crippen LogP contribution in [0.25, 0.3) is 0 Å². The van der Waals surface area contributed by atoms with Crippen molar-refractivity contribution in [2.45, 2.75) is 32.1 Å². The molecule has 0 aliphatic carbocycles. The molecule has 1 aromatic heterocycles. The molecular formula is C20H22F3N5O. The van der Waals surface area contributed by atoms with E-state index in [-0.39, 0.29) is 6.04 Å². The van der Waals surface area contributed by atoms with E-state index in [1.165, 1.54) is 12.1 Å². The van der Waals surface area contributed by atoms with Gasteiger partial charge in [-0.3, -0.25) is 0 Å². The first-order chi connectivity index (χ1) is 13.9. The zero-order valence-corrected chi connectivity index (χ0v) is 16.0. The van der Waals surface area contributed by atoms with E-state index in [0.29, 0.717) is 31.3 Å². The number of benzene rings is 1. The second-order valence-electron chi connectivity index (χ2n) is 7.26. The minimum absolute atomic E-state index is 0.206. The Bertz CT molecular complexity index is 896. The molecule has 1 atom stereocenters. The molecule has 2 aliphatic heterocycles. The van der Waals surface area contributed by atoms with Gasteiger partial charge in [0.1, 0.15) is 5.82 Å². The number of alkyl halides is 3. The first-order valence-corrected chi connectivity index (χ1v) is 9.41. The molecule has 9 heteroatoms. The van der Waals surface area contributed by atoms with E-state index >= 15 is 0 Å². The Morgan fingerprint density at radius 1 is 1.28 bits per heavy atom. The smallest absolute Gasteiger partial charge is 0.379 e. The highest BCUT2D eigenvalue weighted by Gasteiger charge is 2.30. The number of hydrogen-bond acceptors (Lipinski definition) is 6. The summed E-state index contributed by atoms with van der Waals surface area (Å²) in [5.74, 6) is 1.31. The van der Waals surface area contributed by atoms with Crippen molar-refractivity contribution in [1.82, 2.24) is 14.9 Å². The number of aryl methyl sites for hydroxylation is 1. The van der Waals surface area contributed by atoms with E-state index in [0.717, 1.165) is 30.5 Å². The Balaban J connectivity index is 1.43. The second kappa shape index (κ2) is 7.90. The molecule has 0 saturated carbocycles. The summed E-state index contributed by atoms with van der Waals surface area (Å²) in [5, 5.41) is 3.29. The highest BCUT2D eigenvalue weighted by atomic mass is 19.4. The van der Waals surface area contributed by atoms with Gasteiger partial charge in [0, 0.05) is 37.3 Å². The molecule has 0 bridgehead atoms. The zero-order chi connectivity index (χ0) is 20.4. The number of aromatic nitrogens is 2. The minimum atomic E-state index is -4.34. The molecule has 1 unspecified atom stereocenters. The largest absolute Gasteiger partial charge is 0.416 e. The lowest BCUT2D eigenvalue weighted by molar-refractivity contribution is -0.137. The average molecular weight is 405 g/mol. The lowest BCUT2D eigenvalue weighted by Gasteiger charge is -2.23. The summed E-state index contributed by atoms with van der Waals surface area (Å²) in [5.41, 5.74) is 0.895. The lowest BCUT2D eigenvalue weighted by atomic mass is 10.1. The predicted molar refractivity (Wildman–Crippen MR) is 103 cm³/mol. The SMILES string of the molecule is Cc1cnc(NC2CCOC2)nc1N1C=CN(Cc2cccc(C(F)(F)F)c2)C1. The Morgan fingerprint density at radius 2 is 2.14 bits per heavy atom. The van der Waals surface area contributed by atoms with E-state index in [9.17, 15) is 13.2 Å². The second-order valence-corrected chi connectivity index (χ2v) is 7.26. The molecule has 1 N–H and O–H groups in total. The number of ether oxygens (including phenoxy) is 1. The third kappa shape index (κ3) is 4.61. The van der Waals surface area contributed by atoms with Gasteiger partial charge in [0.05, 0.1) is 24.9 Å². The zero-order valence-electron chi connectivity index (χ0n) is 16.0. The van der Waals surface area contributed by atoms with Gasteiger partial charge in [-0.2, -0.15) is 18.2 Å². The highest BCUT2D eigenvalue weighted by molar-refractivity contribution is 5.52. The van der Waals surface area contributed by atoms with Crippen LogP contribution in [-0.2, 0) is 17.5 Å². The summed E-state index contributed by atoms with van der Waals surface area (Å²) < 4.78 is 44.2. The molecule has 0 spiro atoms. The molecule has 1 aromatic carbocycles. The summed E-state index contributed by atoms with van der Waals surface area (Å²) in [4.78, 5) is 12.9. The van der Waals surface area contributed by atoms with Gasteiger partial charge in [0.15, 0.2) is 0 Å². The van der Waals surface area contributed by atoms with Gasteiger partial charge in [0.25, 0.3) is 0 Å². The van der Waals surface area contributed by atoms with E-state index in [1.807, 2.05) is 29.1 Å². The van der Waals surface area contributed by atoms with Gasteiger partial charge < -0.3 is 19.9 Å². The molecule has 1 fully saturated rings. The number of hydrogen-bond donors (Lipinski definition) is 1. The quantitative estimate of drug-likeness (QED) is 0.818. The molecule has 29 heavy (non-hydrogen) atoms. The molecule has 0 amide bonds. The fourth-order valence-electron chi connectivity index (χ4n) is 3.41. The first-order valence-electron chi connectivity index (χ1n) is 9.41. The molecule has 0 radical (unpaired) electrons. The monoisotopic (exact) mass is 405 g/mol. The summed E-state index contributed by atoms with van der Waals surface area (Å²) in [6, 6.07) is 5.63. The van der Waals surface area contributed by atoms with Crippen molar-refractivity contribution in [1.29, 1.82) is 0 Å². The van der Waals surface area contributed by atoms with Crippen LogP contribution in [0, 0.1) is 6.92 Å². The Kier molecular flexibility index (Phi) is 5.31. The van der Waals surface area contributed by atoms with Crippen LogP contribution in [0.1, 0.15) is 23.1 Å². The summed E-state index contributed by atoms with van der Waals surface area (Å²) >= 11 is 0. The number of rotatable bonds is 5. The van der Waals surface area contributed by atoms with E-state index in [1.54, 1.807) is 12.3 Å². The lowest BCUT2D eigenvalue weighted by Crippen LogP contribution is -2.27. The van der Waals surface area contributed by atoms with Crippen LogP contribution >= 0.6 is 0 Å². The number of nitrogens with one attached hydrogen (secondary N) is 1. The van der Waals surface area contributed by atoms with Gasteiger partial charge in [-0.05, 0) is 31.0 Å². The maximum Gasteiger partial charge on any atom is 0.416 e. The molecule has 3 heterocycles. The van der Waals surface area contributed by atoms with Crippen molar-refractivity contribution in [3.63, 3.8) is 0 Å². The predicted octanol–water partition coefficient (Wildman–Crippen LogP) is 3.76. The molecule has 2 aliphatic rings. The number of nitrogens with zero attached hydrogens (tertiary/aromatic N) is 4. The standard InChI is InChI=1S/C20H22F3N5O/c1-14-10-24-19(25-17-5-8-29-12-17)26-18(14)28-7-6-27(13-28)11-15-3-2-4-16(9-15)20(21,22)23/h2-4,6-7,9-10,17H,5,8,11-13H2,1H3,(H,24,25,26). The van der Waals surface area contributed by atoms with Crippen LogP contribution in [0.5, 0.6) is 0 Å². The van der Waals surface area contributed by atoms with Crippen LogP contribution in [0.3, 0.4) is 0 Å². The fraction of sp³-hybridized carbons (Fsp3) is 0.400. The first kappa shape index (κ1) is 19.5. The van der Waals surface area contributed by atoms with Gasteiger partial charge in [0.2, 0.25) is 5.95 Å². The third-order valence-electron chi connectivity index (χ3n) is 4.91. The molecule has 4 rings (SSSR count). The Hall–Kier alpha value is -2.81. The van der Waals surface area contributed by atoms with Gasteiger partial charge >= 0.3 is 6.18 Å². The minimum Gasteiger partial charge on any atom is -0.379 e. The van der Waals surface area contributed by atoms with E-state index < -0.39 is 11.7 Å². The van der Waals surface area contributed by atoms with Crippen molar-refractivity contribution in [3.05, 3.63) is 59.6 Å². The Labute approximate surface area is 167 Å². The molecule has 1 saturated heterocycles. The maximum absolute atomic E-state index is 12.9. The van der Waals surface area contributed by atoms with Crippen molar-refractivity contribution in [2.75, 3.05) is 30.1 Å². The van der Waals surface area contributed by atoms with Crippen LogP contribution < -0.4 is 10.2 Å².